The van der Waals surface area contributed by atoms with Gasteiger partial charge in [0.15, 0.2) is 5.78 Å². The fraction of sp³-hybridized carbons (Fsp3) is 0.353. The first-order valence-corrected chi connectivity index (χ1v) is 7.21. The lowest BCUT2D eigenvalue weighted by Crippen LogP contribution is -2.12. The highest BCUT2D eigenvalue weighted by Crippen LogP contribution is 2.23. The highest BCUT2D eigenvalue weighted by Gasteiger charge is 2.23. The predicted molar refractivity (Wildman–Crippen MR) is 79.5 cm³/mol. The zero-order chi connectivity index (χ0) is 16.1. The van der Waals surface area contributed by atoms with E-state index in [9.17, 15) is 14.4 Å². The quantitative estimate of drug-likeness (QED) is 0.618. The first-order chi connectivity index (χ1) is 10.5. The number of rotatable bonds is 5. The van der Waals surface area contributed by atoms with Gasteiger partial charge in [-0.25, -0.2) is 4.79 Å². The molecular formula is C17H18O5. The van der Waals surface area contributed by atoms with Crippen LogP contribution in [-0.4, -0.2) is 24.3 Å². The van der Waals surface area contributed by atoms with Gasteiger partial charge in [0.2, 0.25) is 0 Å². The fourth-order valence-electron chi connectivity index (χ4n) is 2.30. The van der Waals surface area contributed by atoms with Gasteiger partial charge in [0, 0.05) is 12.0 Å². The van der Waals surface area contributed by atoms with Crippen molar-refractivity contribution >= 4 is 17.7 Å². The predicted octanol–water partition coefficient (Wildman–Crippen LogP) is 2.69. The summed E-state index contributed by atoms with van der Waals surface area (Å²) in [6, 6.07) is 6.22. The fourth-order valence-corrected chi connectivity index (χ4v) is 2.30. The number of carbonyl (C=O) groups is 3. The van der Waals surface area contributed by atoms with E-state index in [1.807, 2.05) is 6.92 Å². The number of hydrogen-bond acceptors (Lipinski definition) is 5. The van der Waals surface area contributed by atoms with Crippen LogP contribution in [-0.2, 0) is 14.3 Å². The molecule has 0 saturated heterocycles. The van der Waals surface area contributed by atoms with Crippen molar-refractivity contribution in [3.63, 3.8) is 0 Å². The number of ether oxygens (including phenoxy) is 2. The minimum atomic E-state index is -0.519. The van der Waals surface area contributed by atoms with Crippen LogP contribution in [0, 0.1) is 5.92 Å². The van der Waals surface area contributed by atoms with Gasteiger partial charge in [-0.1, -0.05) is 19.1 Å². The van der Waals surface area contributed by atoms with Gasteiger partial charge in [0.1, 0.15) is 5.75 Å². The molecule has 0 unspecified atom stereocenters. The van der Waals surface area contributed by atoms with Crippen molar-refractivity contribution in [1.82, 2.24) is 0 Å². The molecule has 1 aromatic rings. The maximum absolute atomic E-state index is 11.9. The number of hydrogen-bond donors (Lipinski definition) is 0. The van der Waals surface area contributed by atoms with E-state index in [1.54, 1.807) is 31.2 Å². The molecule has 2 rings (SSSR count). The van der Waals surface area contributed by atoms with E-state index in [2.05, 4.69) is 0 Å². The van der Waals surface area contributed by atoms with Crippen molar-refractivity contribution in [3.05, 3.63) is 41.5 Å². The van der Waals surface area contributed by atoms with Crippen LogP contribution in [0.1, 0.15) is 37.0 Å². The summed E-state index contributed by atoms with van der Waals surface area (Å²) in [5.74, 6) is -0.570. The van der Waals surface area contributed by atoms with Crippen molar-refractivity contribution in [2.24, 2.45) is 5.92 Å². The summed E-state index contributed by atoms with van der Waals surface area (Å²) in [5.41, 5.74) is 0.816. The van der Waals surface area contributed by atoms with E-state index in [-0.39, 0.29) is 30.5 Å². The van der Waals surface area contributed by atoms with Gasteiger partial charge in [-0.2, -0.15) is 0 Å². The van der Waals surface area contributed by atoms with Crippen molar-refractivity contribution in [1.29, 1.82) is 0 Å². The molecule has 0 radical (unpaired) electrons. The van der Waals surface area contributed by atoms with Crippen LogP contribution in [0.5, 0.6) is 5.75 Å². The lowest BCUT2D eigenvalue weighted by atomic mass is 10.1. The molecule has 5 heteroatoms. The van der Waals surface area contributed by atoms with Crippen LogP contribution in [0.15, 0.2) is 35.9 Å². The first kappa shape index (κ1) is 15.9. The van der Waals surface area contributed by atoms with Crippen LogP contribution < -0.4 is 4.74 Å². The third-order valence-corrected chi connectivity index (χ3v) is 3.26. The minimum Gasteiger partial charge on any atom is -0.462 e. The number of carbonyl (C=O) groups excluding carboxylic acids is 3. The Bertz CT molecular complexity index is 630. The van der Waals surface area contributed by atoms with Crippen LogP contribution in [0.25, 0.3) is 0 Å². The Morgan fingerprint density at radius 1 is 1.32 bits per heavy atom. The molecule has 0 aliphatic heterocycles. The Labute approximate surface area is 128 Å². The van der Waals surface area contributed by atoms with Gasteiger partial charge < -0.3 is 9.47 Å². The standard InChI is InChI=1S/C17H18O5/c1-3-21-17(20)12-5-4-6-14(9-12)22-16(19)10-13-7-11(2)8-15(13)18/h4-7,9,11H,3,8,10H2,1-2H3/t11-/m0/s1. The van der Waals surface area contributed by atoms with Crippen molar-refractivity contribution in [2.75, 3.05) is 6.61 Å². The summed E-state index contributed by atoms with van der Waals surface area (Å²) in [7, 11) is 0. The van der Waals surface area contributed by atoms with Gasteiger partial charge in [0.25, 0.3) is 0 Å². The summed E-state index contributed by atoms with van der Waals surface area (Å²) in [5, 5.41) is 0. The molecule has 0 aromatic heterocycles. The minimum absolute atomic E-state index is 0.00951. The number of benzene rings is 1. The molecule has 22 heavy (non-hydrogen) atoms. The van der Waals surface area contributed by atoms with Gasteiger partial charge >= 0.3 is 11.9 Å². The number of esters is 2. The second-order valence-corrected chi connectivity index (χ2v) is 5.20. The van der Waals surface area contributed by atoms with Gasteiger partial charge in [-0.15, -0.1) is 0 Å². The monoisotopic (exact) mass is 302 g/mol. The zero-order valence-corrected chi connectivity index (χ0v) is 12.6. The molecular weight excluding hydrogens is 284 g/mol. The van der Waals surface area contributed by atoms with Crippen molar-refractivity contribution in [2.45, 2.75) is 26.7 Å². The molecule has 0 spiro atoms. The average molecular weight is 302 g/mol. The summed E-state index contributed by atoms with van der Waals surface area (Å²) in [6.07, 6.45) is 2.20. The molecule has 1 atom stereocenters. The van der Waals surface area contributed by atoms with Gasteiger partial charge in [-0.3, -0.25) is 9.59 Å². The van der Waals surface area contributed by atoms with E-state index >= 15 is 0 Å². The summed E-state index contributed by atoms with van der Waals surface area (Å²) in [4.78, 5) is 35.2. The third-order valence-electron chi connectivity index (χ3n) is 3.26. The number of ketones is 1. The smallest absolute Gasteiger partial charge is 0.338 e. The highest BCUT2D eigenvalue weighted by atomic mass is 16.5. The number of Topliss-reactive ketones (excluding diaryl/α,β-unsaturated/α-hetero) is 1. The summed E-state index contributed by atoms with van der Waals surface area (Å²) < 4.78 is 10.1. The number of allylic oxidation sites excluding steroid dienone is 1. The molecule has 0 bridgehead atoms. The summed E-state index contributed by atoms with van der Waals surface area (Å²) >= 11 is 0. The first-order valence-electron chi connectivity index (χ1n) is 7.21. The van der Waals surface area contributed by atoms with E-state index in [0.29, 0.717) is 17.6 Å². The molecule has 5 nitrogen and oxygen atoms in total. The second kappa shape index (κ2) is 7.02. The molecule has 0 N–H and O–H groups in total. The molecule has 0 amide bonds. The van der Waals surface area contributed by atoms with Gasteiger partial charge in [-0.05, 0) is 31.0 Å². The second-order valence-electron chi connectivity index (χ2n) is 5.20. The molecule has 116 valence electrons. The van der Waals surface area contributed by atoms with E-state index < -0.39 is 11.9 Å². The normalized spacial score (nSPS) is 17.1. The zero-order valence-electron chi connectivity index (χ0n) is 12.6. The van der Waals surface area contributed by atoms with Crippen LogP contribution in [0.4, 0.5) is 0 Å². The van der Waals surface area contributed by atoms with E-state index in [4.69, 9.17) is 9.47 Å². The topological polar surface area (TPSA) is 69.7 Å². The molecule has 1 aromatic carbocycles. The van der Waals surface area contributed by atoms with Crippen LogP contribution in [0.2, 0.25) is 0 Å². The SMILES string of the molecule is CCOC(=O)c1cccc(OC(=O)CC2=C[C@H](C)CC2=O)c1. The maximum Gasteiger partial charge on any atom is 0.338 e. The lowest BCUT2D eigenvalue weighted by Gasteiger charge is -2.06. The van der Waals surface area contributed by atoms with Crippen LogP contribution >= 0.6 is 0 Å². The highest BCUT2D eigenvalue weighted by molar-refractivity contribution is 6.01. The molecule has 1 aliphatic carbocycles. The Kier molecular flexibility index (Phi) is 5.09. The molecule has 0 heterocycles. The molecule has 1 aliphatic rings. The van der Waals surface area contributed by atoms with Crippen molar-refractivity contribution < 1.29 is 23.9 Å². The summed E-state index contributed by atoms with van der Waals surface area (Å²) in [6.45, 7) is 3.92. The Morgan fingerprint density at radius 2 is 2.09 bits per heavy atom. The van der Waals surface area contributed by atoms with Gasteiger partial charge in [0.05, 0.1) is 18.6 Å². The molecule has 0 fully saturated rings. The third kappa shape index (κ3) is 4.04. The van der Waals surface area contributed by atoms with Crippen molar-refractivity contribution in [3.8, 4) is 5.75 Å². The average Bonchev–Trinajstić information content (AvgIpc) is 2.77. The Balaban J connectivity index is 2.00. The Morgan fingerprint density at radius 3 is 2.73 bits per heavy atom. The lowest BCUT2D eigenvalue weighted by molar-refractivity contribution is -0.134. The van der Waals surface area contributed by atoms with Crippen LogP contribution in [0.3, 0.4) is 0 Å². The molecule has 0 saturated carbocycles. The van der Waals surface area contributed by atoms with E-state index in [1.165, 1.54) is 6.07 Å². The maximum atomic E-state index is 11.9. The largest absolute Gasteiger partial charge is 0.462 e. The Hall–Kier alpha value is -2.43. The van der Waals surface area contributed by atoms with E-state index in [0.717, 1.165) is 0 Å².